The van der Waals surface area contributed by atoms with Crippen LogP contribution in [0, 0.1) is 11.8 Å². The van der Waals surface area contributed by atoms with Crippen LogP contribution in [-0.2, 0) is 4.74 Å². The van der Waals surface area contributed by atoms with Gasteiger partial charge >= 0.3 is 0 Å². The molecule has 1 heterocycles. The molecular weight excluding hydrogens is 152 g/mol. The van der Waals surface area contributed by atoms with Gasteiger partial charge in [0.2, 0.25) is 0 Å². The van der Waals surface area contributed by atoms with E-state index in [1.54, 1.807) is 0 Å². The normalized spacial score (nSPS) is 53.8. The quantitative estimate of drug-likeness (QED) is 0.606. The molecule has 1 saturated carbocycles. The first-order valence-corrected chi connectivity index (χ1v) is 4.94. The summed E-state index contributed by atoms with van der Waals surface area (Å²) in [5, 5.41) is 9.83. The van der Waals surface area contributed by atoms with Gasteiger partial charge in [0.1, 0.15) is 0 Å². The van der Waals surface area contributed by atoms with E-state index in [2.05, 4.69) is 13.8 Å². The predicted molar refractivity (Wildman–Crippen MR) is 46.9 cm³/mol. The molecule has 2 heteroatoms. The Kier molecular flexibility index (Phi) is 1.92. The lowest BCUT2D eigenvalue weighted by atomic mass is 9.75. The van der Waals surface area contributed by atoms with E-state index in [-0.39, 0.29) is 11.7 Å². The van der Waals surface area contributed by atoms with Crippen LogP contribution in [0.1, 0.15) is 33.1 Å². The Balaban J connectivity index is 1.98. The second-order valence-electron chi connectivity index (χ2n) is 4.69. The van der Waals surface area contributed by atoms with Gasteiger partial charge in [0.25, 0.3) is 0 Å². The molecule has 1 N–H and O–H groups in total. The van der Waals surface area contributed by atoms with Crippen molar-refractivity contribution in [3.63, 3.8) is 0 Å². The van der Waals surface area contributed by atoms with Crippen molar-refractivity contribution in [2.45, 2.75) is 44.8 Å². The van der Waals surface area contributed by atoms with Crippen LogP contribution in [0.2, 0.25) is 0 Å². The Hall–Kier alpha value is -0.0800. The lowest BCUT2D eigenvalue weighted by Gasteiger charge is -2.33. The number of aliphatic hydroxyl groups excluding tert-OH is 1. The van der Waals surface area contributed by atoms with Gasteiger partial charge in [-0.25, -0.2) is 0 Å². The maximum atomic E-state index is 9.83. The van der Waals surface area contributed by atoms with Crippen LogP contribution in [0.4, 0.5) is 0 Å². The highest BCUT2D eigenvalue weighted by molar-refractivity contribution is 4.99. The number of hydrogen-bond acceptors (Lipinski definition) is 2. The highest BCUT2D eigenvalue weighted by Crippen LogP contribution is 2.44. The van der Waals surface area contributed by atoms with Gasteiger partial charge in [-0.15, -0.1) is 0 Å². The highest BCUT2D eigenvalue weighted by atomic mass is 16.6. The first kappa shape index (κ1) is 8.52. The largest absolute Gasteiger partial charge is 0.393 e. The maximum Gasteiger partial charge on any atom is 0.0941 e. The van der Waals surface area contributed by atoms with E-state index in [1.807, 2.05) is 0 Å². The van der Waals surface area contributed by atoms with Crippen LogP contribution < -0.4 is 0 Å². The van der Waals surface area contributed by atoms with Crippen molar-refractivity contribution in [1.29, 1.82) is 0 Å². The van der Waals surface area contributed by atoms with E-state index in [4.69, 9.17) is 4.74 Å². The van der Waals surface area contributed by atoms with Crippen molar-refractivity contribution >= 4 is 0 Å². The van der Waals surface area contributed by atoms with E-state index in [0.717, 1.165) is 19.4 Å². The van der Waals surface area contributed by atoms with Crippen LogP contribution in [0.15, 0.2) is 0 Å². The summed E-state index contributed by atoms with van der Waals surface area (Å²) in [5.74, 6) is 1.09. The minimum absolute atomic E-state index is 0.0273. The van der Waals surface area contributed by atoms with E-state index in [0.29, 0.717) is 11.8 Å². The second-order valence-corrected chi connectivity index (χ2v) is 4.69. The summed E-state index contributed by atoms with van der Waals surface area (Å²) in [5.41, 5.74) is 0.0273. The summed E-state index contributed by atoms with van der Waals surface area (Å²) < 4.78 is 5.38. The van der Waals surface area contributed by atoms with Crippen LogP contribution in [0.5, 0.6) is 0 Å². The molecule has 0 bridgehead atoms. The monoisotopic (exact) mass is 170 g/mol. The molecule has 2 aliphatic rings. The highest BCUT2D eigenvalue weighted by Gasteiger charge is 2.50. The molecule has 2 fully saturated rings. The van der Waals surface area contributed by atoms with Crippen molar-refractivity contribution < 1.29 is 9.84 Å². The number of ether oxygens (including phenoxy) is 1. The third-order valence-corrected chi connectivity index (χ3v) is 3.46. The zero-order chi connectivity index (χ0) is 8.77. The van der Waals surface area contributed by atoms with Crippen LogP contribution >= 0.6 is 0 Å². The molecule has 70 valence electrons. The molecule has 0 spiro atoms. The van der Waals surface area contributed by atoms with Crippen LogP contribution in [0.25, 0.3) is 0 Å². The van der Waals surface area contributed by atoms with Gasteiger partial charge in [-0.2, -0.15) is 0 Å². The van der Waals surface area contributed by atoms with Gasteiger partial charge in [-0.05, 0) is 25.7 Å². The summed E-state index contributed by atoms with van der Waals surface area (Å²) in [7, 11) is 0. The molecule has 12 heavy (non-hydrogen) atoms. The molecule has 2 rings (SSSR count). The minimum atomic E-state index is -0.124. The third kappa shape index (κ3) is 1.38. The third-order valence-electron chi connectivity index (χ3n) is 3.46. The number of aliphatic hydroxyl groups is 1. The molecule has 4 atom stereocenters. The lowest BCUT2D eigenvalue weighted by molar-refractivity contribution is 0.0103. The van der Waals surface area contributed by atoms with Gasteiger partial charge in [0.15, 0.2) is 0 Å². The fraction of sp³-hybridized carbons (Fsp3) is 1.00. The molecule has 0 aromatic carbocycles. The average molecular weight is 170 g/mol. The molecule has 1 saturated heterocycles. The Bertz CT molecular complexity index is 175. The predicted octanol–water partition coefficient (Wildman–Crippen LogP) is 1.57. The standard InChI is InChI=1S/C10H18O2/c1-7-3-4-8(9(11)5-7)10(2)6-12-10/h7-9,11H,3-6H2,1-2H3/t7-,8-,9+,10+/m1/s1. The Morgan fingerprint density at radius 3 is 2.58 bits per heavy atom. The second kappa shape index (κ2) is 2.71. The van der Waals surface area contributed by atoms with Gasteiger partial charge < -0.3 is 9.84 Å². The smallest absolute Gasteiger partial charge is 0.0941 e. The van der Waals surface area contributed by atoms with Gasteiger partial charge in [0, 0.05) is 5.92 Å². The molecule has 2 nitrogen and oxygen atoms in total. The van der Waals surface area contributed by atoms with Crippen LogP contribution in [0.3, 0.4) is 0 Å². The van der Waals surface area contributed by atoms with Crippen LogP contribution in [-0.4, -0.2) is 23.4 Å². The Morgan fingerprint density at radius 1 is 1.42 bits per heavy atom. The van der Waals surface area contributed by atoms with Gasteiger partial charge in [0.05, 0.1) is 18.3 Å². The topological polar surface area (TPSA) is 32.8 Å². The van der Waals surface area contributed by atoms with Crippen molar-refractivity contribution in [2.75, 3.05) is 6.61 Å². The molecular formula is C10H18O2. The van der Waals surface area contributed by atoms with Gasteiger partial charge in [-0.3, -0.25) is 0 Å². The molecule has 0 aromatic heterocycles. The number of rotatable bonds is 1. The maximum absolute atomic E-state index is 9.83. The summed E-state index contributed by atoms with van der Waals surface area (Å²) >= 11 is 0. The zero-order valence-corrected chi connectivity index (χ0v) is 7.92. The Morgan fingerprint density at radius 2 is 2.08 bits per heavy atom. The Labute approximate surface area is 73.9 Å². The van der Waals surface area contributed by atoms with Crippen molar-refractivity contribution in [3.8, 4) is 0 Å². The molecule has 0 amide bonds. The average Bonchev–Trinajstić information content (AvgIpc) is 2.68. The van der Waals surface area contributed by atoms with E-state index in [1.165, 1.54) is 6.42 Å². The van der Waals surface area contributed by atoms with Crippen molar-refractivity contribution in [1.82, 2.24) is 0 Å². The molecule has 1 aliphatic carbocycles. The summed E-state index contributed by atoms with van der Waals surface area (Å²) in [6.07, 6.45) is 3.23. The van der Waals surface area contributed by atoms with Gasteiger partial charge in [-0.1, -0.05) is 13.3 Å². The first-order valence-electron chi connectivity index (χ1n) is 4.94. The summed E-state index contributed by atoms with van der Waals surface area (Å²) in [6.45, 7) is 5.19. The van der Waals surface area contributed by atoms with Crippen molar-refractivity contribution in [2.24, 2.45) is 11.8 Å². The zero-order valence-electron chi connectivity index (χ0n) is 7.92. The molecule has 0 aromatic rings. The number of epoxide rings is 1. The molecule has 0 unspecified atom stereocenters. The lowest BCUT2D eigenvalue weighted by Crippen LogP contribution is -2.37. The van der Waals surface area contributed by atoms with E-state index in [9.17, 15) is 5.11 Å². The first-order chi connectivity index (χ1) is 5.62. The minimum Gasteiger partial charge on any atom is -0.393 e. The fourth-order valence-electron chi connectivity index (χ4n) is 2.39. The molecule has 0 radical (unpaired) electrons. The summed E-state index contributed by atoms with van der Waals surface area (Å²) in [4.78, 5) is 0. The van der Waals surface area contributed by atoms with E-state index < -0.39 is 0 Å². The molecule has 1 aliphatic heterocycles. The van der Waals surface area contributed by atoms with Crippen molar-refractivity contribution in [3.05, 3.63) is 0 Å². The SMILES string of the molecule is C[C@@H]1CC[C@@H]([C@]2(C)CO2)[C@@H](O)C1. The number of hydrogen-bond donors (Lipinski definition) is 1. The summed E-state index contributed by atoms with van der Waals surface area (Å²) in [6, 6.07) is 0. The van der Waals surface area contributed by atoms with E-state index >= 15 is 0 Å². The fourth-order valence-corrected chi connectivity index (χ4v) is 2.39.